The van der Waals surface area contributed by atoms with Gasteiger partial charge in [0, 0.05) is 30.4 Å². The fourth-order valence-electron chi connectivity index (χ4n) is 2.94. The highest BCUT2D eigenvalue weighted by Crippen LogP contribution is 2.18. The van der Waals surface area contributed by atoms with Crippen molar-refractivity contribution in [1.29, 1.82) is 0 Å². The Morgan fingerprint density at radius 1 is 1.13 bits per heavy atom. The Morgan fingerprint density at radius 2 is 1.83 bits per heavy atom. The molecule has 23 heavy (non-hydrogen) atoms. The molecule has 3 nitrogen and oxygen atoms in total. The molecular weight excluding hydrogens is 291 g/mol. The number of halogens is 1. The van der Waals surface area contributed by atoms with E-state index in [1.54, 1.807) is 12.1 Å². The summed E-state index contributed by atoms with van der Waals surface area (Å²) >= 11 is 0. The number of rotatable bonds is 3. The normalized spacial score (nSPS) is 17.8. The molecule has 0 radical (unpaired) electrons. The van der Waals surface area contributed by atoms with Gasteiger partial charge in [-0.25, -0.2) is 4.39 Å². The minimum atomic E-state index is -0.240. The van der Waals surface area contributed by atoms with Crippen molar-refractivity contribution in [3.05, 3.63) is 65.5 Å². The first kappa shape index (κ1) is 15.5. The van der Waals surface area contributed by atoms with Crippen molar-refractivity contribution < 1.29 is 9.18 Å². The molecule has 1 fully saturated rings. The number of piperidine rings is 1. The van der Waals surface area contributed by atoms with Crippen LogP contribution in [-0.2, 0) is 0 Å². The van der Waals surface area contributed by atoms with Gasteiger partial charge < -0.3 is 10.2 Å². The van der Waals surface area contributed by atoms with Gasteiger partial charge in [-0.1, -0.05) is 17.7 Å². The molecule has 1 atom stereocenters. The number of benzene rings is 2. The standard InChI is InChI=1S/C19H21FN2O/c1-14-4-6-15(7-5-14)19(23)22-12-2-3-18(13-22)21-17-10-8-16(20)9-11-17/h4-11,18,21H,2-3,12-13H2,1H3/t18-/m1/s1. The molecule has 1 saturated heterocycles. The molecule has 2 aromatic carbocycles. The average Bonchev–Trinajstić information content (AvgIpc) is 2.57. The van der Waals surface area contributed by atoms with Crippen molar-refractivity contribution in [1.82, 2.24) is 4.90 Å². The number of anilines is 1. The molecule has 0 spiro atoms. The second-order valence-corrected chi connectivity index (χ2v) is 6.11. The van der Waals surface area contributed by atoms with Gasteiger partial charge in [-0.2, -0.15) is 0 Å². The van der Waals surface area contributed by atoms with E-state index in [0.29, 0.717) is 6.54 Å². The molecular formula is C19H21FN2O. The quantitative estimate of drug-likeness (QED) is 0.933. The van der Waals surface area contributed by atoms with Crippen molar-refractivity contribution in [3.8, 4) is 0 Å². The average molecular weight is 312 g/mol. The largest absolute Gasteiger partial charge is 0.381 e. The van der Waals surface area contributed by atoms with Gasteiger partial charge in [0.05, 0.1) is 0 Å². The monoisotopic (exact) mass is 312 g/mol. The molecule has 120 valence electrons. The molecule has 1 aliphatic rings. The molecule has 0 aliphatic carbocycles. The van der Waals surface area contributed by atoms with Crippen LogP contribution in [-0.4, -0.2) is 29.9 Å². The lowest BCUT2D eigenvalue weighted by molar-refractivity contribution is 0.0715. The van der Waals surface area contributed by atoms with Gasteiger partial charge in [-0.3, -0.25) is 4.79 Å². The predicted molar refractivity (Wildman–Crippen MR) is 90.1 cm³/mol. The Labute approximate surface area is 136 Å². The van der Waals surface area contributed by atoms with E-state index in [4.69, 9.17) is 0 Å². The van der Waals surface area contributed by atoms with E-state index in [2.05, 4.69) is 5.32 Å². The molecule has 4 heteroatoms. The molecule has 2 aromatic rings. The van der Waals surface area contributed by atoms with Gasteiger partial charge in [0.15, 0.2) is 0 Å². The Balaban J connectivity index is 1.64. The van der Waals surface area contributed by atoms with Gasteiger partial charge in [0.1, 0.15) is 5.82 Å². The summed E-state index contributed by atoms with van der Waals surface area (Å²) in [5.74, 6) is -0.161. The molecule has 1 aliphatic heterocycles. The van der Waals surface area contributed by atoms with Crippen LogP contribution in [0.5, 0.6) is 0 Å². The first-order chi connectivity index (χ1) is 11.1. The Kier molecular flexibility index (Phi) is 4.60. The predicted octanol–water partition coefficient (Wildman–Crippen LogP) is 3.85. The fraction of sp³-hybridized carbons (Fsp3) is 0.316. The van der Waals surface area contributed by atoms with Gasteiger partial charge in [-0.15, -0.1) is 0 Å². The van der Waals surface area contributed by atoms with E-state index in [0.717, 1.165) is 36.2 Å². The number of carbonyl (C=O) groups is 1. The van der Waals surface area contributed by atoms with Crippen LogP contribution in [0, 0.1) is 12.7 Å². The Bertz CT molecular complexity index is 667. The van der Waals surface area contributed by atoms with Crippen LogP contribution in [0.25, 0.3) is 0 Å². The smallest absolute Gasteiger partial charge is 0.253 e. The lowest BCUT2D eigenvalue weighted by atomic mass is 10.0. The summed E-state index contributed by atoms with van der Waals surface area (Å²) in [6.45, 7) is 3.47. The van der Waals surface area contributed by atoms with Crippen LogP contribution in [0.4, 0.5) is 10.1 Å². The van der Waals surface area contributed by atoms with Gasteiger partial charge >= 0.3 is 0 Å². The van der Waals surface area contributed by atoms with Gasteiger partial charge in [0.2, 0.25) is 0 Å². The van der Waals surface area contributed by atoms with Crippen molar-refractivity contribution in [2.45, 2.75) is 25.8 Å². The molecule has 0 bridgehead atoms. The maximum absolute atomic E-state index is 13.0. The number of carbonyl (C=O) groups excluding carboxylic acids is 1. The van der Waals surface area contributed by atoms with Crippen molar-refractivity contribution >= 4 is 11.6 Å². The van der Waals surface area contributed by atoms with Crippen molar-refractivity contribution in [2.75, 3.05) is 18.4 Å². The molecule has 1 N–H and O–H groups in total. The third-order valence-electron chi connectivity index (χ3n) is 4.22. The third-order valence-corrected chi connectivity index (χ3v) is 4.22. The number of hydrogen-bond acceptors (Lipinski definition) is 2. The van der Waals surface area contributed by atoms with Crippen molar-refractivity contribution in [3.63, 3.8) is 0 Å². The fourth-order valence-corrected chi connectivity index (χ4v) is 2.94. The number of likely N-dealkylation sites (tertiary alicyclic amines) is 1. The summed E-state index contributed by atoms with van der Waals surface area (Å²) in [4.78, 5) is 14.5. The van der Waals surface area contributed by atoms with E-state index in [-0.39, 0.29) is 17.8 Å². The van der Waals surface area contributed by atoms with Gasteiger partial charge in [0.25, 0.3) is 5.91 Å². The maximum atomic E-state index is 13.0. The van der Waals surface area contributed by atoms with Crippen LogP contribution in [0.15, 0.2) is 48.5 Å². The van der Waals surface area contributed by atoms with E-state index < -0.39 is 0 Å². The van der Waals surface area contributed by atoms with Gasteiger partial charge in [-0.05, 0) is 56.2 Å². The number of nitrogens with zero attached hydrogens (tertiary/aromatic N) is 1. The SMILES string of the molecule is Cc1ccc(C(=O)N2CCC[C@@H](Nc3ccc(F)cc3)C2)cc1. The first-order valence-electron chi connectivity index (χ1n) is 8.00. The van der Waals surface area contributed by atoms with Crippen LogP contribution in [0.3, 0.4) is 0 Å². The Morgan fingerprint density at radius 3 is 2.52 bits per heavy atom. The van der Waals surface area contributed by atoms with Crippen LogP contribution < -0.4 is 5.32 Å². The minimum absolute atomic E-state index is 0.0793. The molecule has 1 heterocycles. The molecule has 0 unspecified atom stereocenters. The lowest BCUT2D eigenvalue weighted by Gasteiger charge is -2.33. The van der Waals surface area contributed by atoms with E-state index in [1.165, 1.54) is 12.1 Å². The lowest BCUT2D eigenvalue weighted by Crippen LogP contribution is -2.45. The second kappa shape index (κ2) is 6.82. The summed E-state index contributed by atoms with van der Waals surface area (Å²) in [6.07, 6.45) is 1.98. The zero-order valence-corrected chi connectivity index (χ0v) is 13.3. The number of nitrogens with one attached hydrogen (secondary N) is 1. The highest BCUT2D eigenvalue weighted by atomic mass is 19.1. The van der Waals surface area contributed by atoms with E-state index >= 15 is 0 Å². The highest BCUT2D eigenvalue weighted by molar-refractivity contribution is 5.94. The minimum Gasteiger partial charge on any atom is -0.381 e. The highest BCUT2D eigenvalue weighted by Gasteiger charge is 2.24. The number of aryl methyl sites for hydroxylation is 1. The third kappa shape index (κ3) is 3.89. The molecule has 0 saturated carbocycles. The van der Waals surface area contributed by atoms with Crippen molar-refractivity contribution in [2.24, 2.45) is 0 Å². The Hall–Kier alpha value is -2.36. The van der Waals surface area contributed by atoms with Crippen LogP contribution in [0.1, 0.15) is 28.8 Å². The summed E-state index contributed by atoms with van der Waals surface area (Å²) in [6, 6.07) is 14.2. The van der Waals surface area contributed by atoms with E-state index in [1.807, 2.05) is 36.1 Å². The molecule has 1 amide bonds. The molecule has 3 rings (SSSR count). The van der Waals surface area contributed by atoms with E-state index in [9.17, 15) is 9.18 Å². The maximum Gasteiger partial charge on any atom is 0.253 e. The summed E-state index contributed by atoms with van der Waals surface area (Å²) < 4.78 is 13.0. The van der Waals surface area contributed by atoms with Crippen LogP contribution in [0.2, 0.25) is 0 Å². The first-order valence-corrected chi connectivity index (χ1v) is 8.00. The molecule has 0 aromatic heterocycles. The number of amides is 1. The summed E-state index contributed by atoms with van der Waals surface area (Å²) in [5.41, 5.74) is 2.77. The van der Waals surface area contributed by atoms with Crippen LogP contribution >= 0.6 is 0 Å². The topological polar surface area (TPSA) is 32.3 Å². The summed E-state index contributed by atoms with van der Waals surface area (Å²) in [7, 11) is 0. The zero-order valence-electron chi connectivity index (χ0n) is 13.3. The summed E-state index contributed by atoms with van der Waals surface area (Å²) in [5, 5.41) is 3.39. The second-order valence-electron chi connectivity index (χ2n) is 6.11. The zero-order chi connectivity index (χ0) is 16.2. The number of hydrogen-bond donors (Lipinski definition) is 1.